The molecule has 0 fully saturated rings. The van der Waals surface area contributed by atoms with E-state index in [1.807, 2.05) is 0 Å². The molecule has 0 aliphatic heterocycles. The molecule has 0 aromatic carbocycles. The zero-order chi connectivity index (χ0) is 14.5. The van der Waals surface area contributed by atoms with Gasteiger partial charge in [-0.1, -0.05) is 0 Å². The lowest BCUT2D eigenvalue weighted by Gasteiger charge is -2.08. The Balaban J connectivity index is 2.26. The Bertz CT molecular complexity index is 610. The van der Waals surface area contributed by atoms with Crippen molar-refractivity contribution in [2.45, 2.75) is 0 Å². The van der Waals surface area contributed by atoms with Crippen LogP contribution in [0.3, 0.4) is 0 Å². The predicted molar refractivity (Wildman–Crippen MR) is 71.7 cm³/mol. The number of rotatable bonds is 4. The van der Waals surface area contributed by atoms with Crippen molar-refractivity contribution in [2.24, 2.45) is 0 Å². The van der Waals surface area contributed by atoms with Crippen molar-refractivity contribution in [3.8, 4) is 11.8 Å². The minimum Gasteiger partial charge on any atom is -0.481 e. The molecule has 0 spiro atoms. The second kappa shape index (κ2) is 5.83. The minimum atomic E-state index is -0.444. The van der Waals surface area contributed by atoms with E-state index in [-0.39, 0.29) is 29.0 Å². The van der Waals surface area contributed by atoms with E-state index >= 15 is 0 Å². The van der Waals surface area contributed by atoms with Crippen molar-refractivity contribution in [3.05, 3.63) is 30.1 Å². The van der Waals surface area contributed by atoms with Crippen molar-refractivity contribution >= 4 is 17.5 Å². The van der Waals surface area contributed by atoms with Gasteiger partial charge in [-0.15, -0.1) is 0 Å². The quantitative estimate of drug-likeness (QED) is 0.845. The number of hydrogen-bond donors (Lipinski definition) is 2. The Hall–Kier alpha value is -2.90. The molecule has 0 unspecified atom stereocenters. The number of anilines is 2. The Morgan fingerprint density at radius 2 is 1.90 bits per heavy atom. The molecule has 2 heterocycles. The zero-order valence-electron chi connectivity index (χ0n) is 11.0. The number of nitrogen functional groups attached to an aromatic ring is 1. The van der Waals surface area contributed by atoms with Gasteiger partial charge in [-0.05, 0) is 6.07 Å². The molecule has 0 aliphatic carbocycles. The van der Waals surface area contributed by atoms with Crippen LogP contribution in [0.1, 0.15) is 10.4 Å². The summed E-state index contributed by atoms with van der Waals surface area (Å²) in [6.45, 7) is 0. The second-order valence-electron chi connectivity index (χ2n) is 3.69. The van der Waals surface area contributed by atoms with E-state index in [0.29, 0.717) is 0 Å². The molecule has 0 radical (unpaired) electrons. The van der Waals surface area contributed by atoms with Gasteiger partial charge in [-0.2, -0.15) is 9.97 Å². The lowest BCUT2D eigenvalue weighted by molar-refractivity contribution is 0.102. The largest absolute Gasteiger partial charge is 0.481 e. The van der Waals surface area contributed by atoms with E-state index in [2.05, 4.69) is 20.3 Å². The lowest BCUT2D eigenvalue weighted by Crippen LogP contribution is -2.16. The molecule has 2 aromatic heterocycles. The van der Waals surface area contributed by atoms with E-state index < -0.39 is 5.91 Å². The number of nitrogens with one attached hydrogen (secondary N) is 1. The summed E-state index contributed by atoms with van der Waals surface area (Å²) in [6, 6.07) is 3.00. The lowest BCUT2D eigenvalue weighted by atomic mass is 10.2. The fraction of sp³-hybridized carbons (Fsp3) is 0.167. The summed E-state index contributed by atoms with van der Waals surface area (Å²) in [4.78, 5) is 23.9. The van der Waals surface area contributed by atoms with Crippen molar-refractivity contribution in [3.63, 3.8) is 0 Å². The number of carbonyl (C=O) groups excluding carboxylic acids is 1. The molecular formula is C12H13N5O3. The second-order valence-corrected chi connectivity index (χ2v) is 3.69. The van der Waals surface area contributed by atoms with Gasteiger partial charge < -0.3 is 15.2 Å². The molecule has 0 saturated carbocycles. The smallest absolute Gasteiger partial charge is 0.260 e. The highest BCUT2D eigenvalue weighted by Gasteiger charge is 2.13. The van der Waals surface area contributed by atoms with Crippen LogP contribution in [0.15, 0.2) is 24.5 Å². The SMILES string of the molecule is COc1cc(OC)nc(NC(=O)c2ccncc2N)n1. The maximum absolute atomic E-state index is 12.1. The van der Waals surface area contributed by atoms with E-state index in [4.69, 9.17) is 15.2 Å². The van der Waals surface area contributed by atoms with Crippen LogP contribution in [-0.2, 0) is 0 Å². The van der Waals surface area contributed by atoms with Crippen molar-refractivity contribution < 1.29 is 14.3 Å². The molecule has 3 N–H and O–H groups in total. The van der Waals surface area contributed by atoms with Gasteiger partial charge in [0.05, 0.1) is 37.7 Å². The molecule has 8 nitrogen and oxygen atoms in total. The third-order valence-corrected chi connectivity index (χ3v) is 2.42. The first-order valence-electron chi connectivity index (χ1n) is 5.62. The third kappa shape index (κ3) is 2.91. The summed E-state index contributed by atoms with van der Waals surface area (Å²) in [5.41, 5.74) is 6.22. The molecule has 0 bridgehead atoms. The average Bonchev–Trinajstić information content (AvgIpc) is 2.47. The van der Waals surface area contributed by atoms with E-state index in [1.165, 1.54) is 38.7 Å². The van der Waals surface area contributed by atoms with Crippen molar-refractivity contribution in [1.29, 1.82) is 0 Å². The summed E-state index contributed by atoms with van der Waals surface area (Å²) >= 11 is 0. The first kappa shape index (κ1) is 13.5. The molecule has 0 atom stereocenters. The number of hydrogen-bond acceptors (Lipinski definition) is 7. The van der Waals surface area contributed by atoms with Crippen LogP contribution < -0.4 is 20.5 Å². The van der Waals surface area contributed by atoms with Crippen LogP contribution in [0.25, 0.3) is 0 Å². The molecule has 1 amide bonds. The number of ether oxygens (including phenoxy) is 2. The van der Waals surface area contributed by atoms with Gasteiger partial charge in [-0.3, -0.25) is 15.1 Å². The Kier molecular flexibility index (Phi) is 3.94. The highest BCUT2D eigenvalue weighted by atomic mass is 16.5. The Labute approximate surface area is 115 Å². The molecule has 2 aromatic rings. The molecule has 0 aliphatic rings. The monoisotopic (exact) mass is 275 g/mol. The molecule has 8 heteroatoms. The maximum atomic E-state index is 12.1. The number of methoxy groups -OCH3 is 2. The minimum absolute atomic E-state index is 0.0578. The number of amides is 1. The summed E-state index contributed by atoms with van der Waals surface area (Å²) in [7, 11) is 2.91. The normalized spacial score (nSPS) is 9.90. The van der Waals surface area contributed by atoms with Crippen LogP contribution in [-0.4, -0.2) is 35.1 Å². The van der Waals surface area contributed by atoms with Gasteiger partial charge in [0.2, 0.25) is 17.7 Å². The summed E-state index contributed by atoms with van der Waals surface area (Å²) in [6.07, 6.45) is 2.86. The van der Waals surface area contributed by atoms with Crippen LogP contribution in [0.4, 0.5) is 11.6 Å². The number of pyridine rings is 1. The molecule has 20 heavy (non-hydrogen) atoms. The van der Waals surface area contributed by atoms with Gasteiger partial charge >= 0.3 is 0 Å². The van der Waals surface area contributed by atoms with E-state index in [1.54, 1.807) is 0 Å². The molecular weight excluding hydrogens is 262 g/mol. The van der Waals surface area contributed by atoms with E-state index in [9.17, 15) is 4.79 Å². The first-order valence-corrected chi connectivity index (χ1v) is 5.62. The number of carbonyl (C=O) groups is 1. The standard InChI is InChI=1S/C12H13N5O3/c1-19-9-5-10(20-2)16-12(15-9)17-11(18)7-3-4-14-6-8(7)13/h3-6H,13H2,1-2H3,(H,15,16,17,18). The number of aromatic nitrogens is 3. The summed E-state index contributed by atoms with van der Waals surface area (Å²) in [5.74, 6) is 0.160. The van der Waals surface area contributed by atoms with Gasteiger partial charge in [0.1, 0.15) is 0 Å². The molecule has 0 saturated heterocycles. The Morgan fingerprint density at radius 3 is 2.45 bits per heavy atom. The van der Waals surface area contributed by atoms with Crippen LogP contribution in [0, 0.1) is 0 Å². The third-order valence-electron chi connectivity index (χ3n) is 2.42. The fourth-order valence-electron chi connectivity index (χ4n) is 1.45. The fourth-order valence-corrected chi connectivity index (χ4v) is 1.45. The summed E-state index contributed by atoms with van der Waals surface area (Å²) in [5, 5.41) is 2.52. The highest BCUT2D eigenvalue weighted by molar-refractivity contribution is 6.06. The van der Waals surface area contributed by atoms with Gasteiger partial charge in [-0.25, -0.2) is 0 Å². The van der Waals surface area contributed by atoms with Crippen LogP contribution in [0.5, 0.6) is 11.8 Å². The highest BCUT2D eigenvalue weighted by Crippen LogP contribution is 2.18. The topological polar surface area (TPSA) is 112 Å². The summed E-state index contributed by atoms with van der Waals surface area (Å²) < 4.78 is 9.98. The number of nitrogens with two attached hydrogens (primary N) is 1. The van der Waals surface area contributed by atoms with Gasteiger partial charge in [0, 0.05) is 6.20 Å². The predicted octanol–water partition coefficient (Wildman–Crippen LogP) is 0.723. The molecule has 2 rings (SSSR count). The van der Waals surface area contributed by atoms with Crippen molar-refractivity contribution in [1.82, 2.24) is 15.0 Å². The van der Waals surface area contributed by atoms with Gasteiger partial charge in [0.25, 0.3) is 5.91 Å². The van der Waals surface area contributed by atoms with Gasteiger partial charge in [0.15, 0.2) is 0 Å². The van der Waals surface area contributed by atoms with Crippen LogP contribution in [0.2, 0.25) is 0 Å². The van der Waals surface area contributed by atoms with Crippen LogP contribution >= 0.6 is 0 Å². The number of nitrogens with zero attached hydrogens (tertiary/aromatic N) is 3. The molecule has 104 valence electrons. The van der Waals surface area contributed by atoms with Crippen molar-refractivity contribution in [2.75, 3.05) is 25.3 Å². The first-order chi connectivity index (χ1) is 9.63. The average molecular weight is 275 g/mol. The zero-order valence-corrected chi connectivity index (χ0v) is 11.0. The van der Waals surface area contributed by atoms with E-state index in [0.717, 1.165) is 0 Å². The Morgan fingerprint density at radius 1 is 1.25 bits per heavy atom. The maximum Gasteiger partial charge on any atom is 0.260 e.